The molecule has 2 amide bonds. The zero-order chi connectivity index (χ0) is 23.5. The van der Waals surface area contributed by atoms with E-state index in [1.54, 1.807) is 0 Å². The quantitative estimate of drug-likeness (QED) is 0.276. The van der Waals surface area contributed by atoms with Crippen LogP contribution in [0.2, 0.25) is 0 Å². The summed E-state index contributed by atoms with van der Waals surface area (Å²) in [5.74, 6) is -0.545. The minimum atomic E-state index is -0.437. The number of carbonyl (C=O) groups is 2. The van der Waals surface area contributed by atoms with Gasteiger partial charge in [-0.2, -0.15) is 10.5 Å². The first-order valence-corrected chi connectivity index (χ1v) is 10.5. The summed E-state index contributed by atoms with van der Waals surface area (Å²) in [6, 6.07) is 3.83. The molecule has 2 aromatic rings. The predicted octanol–water partition coefficient (Wildman–Crippen LogP) is 1.85. The molecule has 0 radical (unpaired) electrons. The van der Waals surface area contributed by atoms with Crippen molar-refractivity contribution in [2.75, 3.05) is 13.1 Å². The van der Waals surface area contributed by atoms with Crippen molar-refractivity contribution in [2.45, 2.75) is 19.3 Å². The van der Waals surface area contributed by atoms with Crippen LogP contribution in [0.5, 0.6) is 0 Å². The van der Waals surface area contributed by atoms with E-state index in [2.05, 4.69) is 42.7 Å². The zero-order valence-electron chi connectivity index (χ0n) is 17.9. The molecule has 10 heteroatoms. The first-order valence-electron chi connectivity index (χ1n) is 10.5. The highest BCUT2D eigenvalue weighted by molar-refractivity contribution is 6.02. The molecule has 1 aliphatic carbocycles. The van der Waals surface area contributed by atoms with Crippen LogP contribution in [0.25, 0.3) is 12.2 Å². The molecule has 2 heterocycles. The Hall–Kier alpha value is -4.44. The van der Waals surface area contributed by atoms with E-state index in [0.29, 0.717) is 24.5 Å². The molecule has 2 unspecified atom stereocenters. The van der Waals surface area contributed by atoms with Crippen LogP contribution in [0, 0.1) is 34.5 Å². The molecule has 0 bridgehead atoms. The lowest BCUT2D eigenvalue weighted by atomic mass is 9.92. The number of aromatic nitrogens is 4. The van der Waals surface area contributed by atoms with Crippen LogP contribution in [0.4, 0.5) is 0 Å². The van der Waals surface area contributed by atoms with Crippen LogP contribution >= 0.6 is 0 Å². The summed E-state index contributed by atoms with van der Waals surface area (Å²) < 4.78 is 0. The van der Waals surface area contributed by atoms with Crippen LogP contribution in [-0.2, 0) is 9.59 Å². The number of carbonyl (C=O) groups excluding carboxylic acids is 2. The second-order valence-electron chi connectivity index (χ2n) is 7.68. The van der Waals surface area contributed by atoms with E-state index < -0.39 is 11.8 Å². The summed E-state index contributed by atoms with van der Waals surface area (Å²) in [6.45, 7) is 0.831. The number of nitrogens with one attached hydrogen (secondary N) is 4. The van der Waals surface area contributed by atoms with Crippen molar-refractivity contribution in [3.63, 3.8) is 0 Å². The topological polar surface area (TPSA) is 163 Å². The van der Waals surface area contributed by atoms with E-state index in [1.807, 2.05) is 12.1 Å². The number of imidazole rings is 2. The number of amides is 2. The number of rotatable bonds is 8. The number of aromatic amines is 2. The fourth-order valence-electron chi connectivity index (χ4n) is 3.54. The third kappa shape index (κ3) is 7.04. The van der Waals surface area contributed by atoms with Gasteiger partial charge in [0.05, 0.1) is 36.4 Å². The summed E-state index contributed by atoms with van der Waals surface area (Å²) >= 11 is 0. The van der Waals surface area contributed by atoms with Crippen LogP contribution in [0.1, 0.15) is 30.7 Å². The van der Waals surface area contributed by atoms with Gasteiger partial charge in [0.2, 0.25) is 0 Å². The normalized spacial score (nSPS) is 18.6. The third-order valence-corrected chi connectivity index (χ3v) is 5.24. The molecule has 1 aliphatic rings. The molecule has 0 aliphatic heterocycles. The monoisotopic (exact) mass is 444 g/mol. The molecule has 168 valence electrons. The molecule has 0 spiro atoms. The van der Waals surface area contributed by atoms with Gasteiger partial charge in [0.25, 0.3) is 11.8 Å². The maximum Gasteiger partial charge on any atom is 0.262 e. The lowest BCUT2D eigenvalue weighted by molar-refractivity contribution is -0.117. The van der Waals surface area contributed by atoms with Gasteiger partial charge in [-0.1, -0.05) is 12.2 Å². The first kappa shape index (κ1) is 23.2. The van der Waals surface area contributed by atoms with E-state index >= 15 is 0 Å². The minimum absolute atomic E-state index is 0.000291. The van der Waals surface area contributed by atoms with Gasteiger partial charge in [-0.05, 0) is 43.3 Å². The van der Waals surface area contributed by atoms with E-state index in [1.165, 1.54) is 37.2 Å². The Labute approximate surface area is 191 Å². The maximum absolute atomic E-state index is 12.4. The SMILES string of the molecule is N#C/C(=C/c1cnc[nH]1)C(=O)NCC1CC=CCC(CNC(=O)/C(C#N)=C\c2cnc[nH]2)C1. The molecule has 33 heavy (non-hydrogen) atoms. The van der Waals surface area contributed by atoms with Gasteiger partial charge in [0.1, 0.15) is 23.3 Å². The highest BCUT2D eigenvalue weighted by Gasteiger charge is 2.20. The molecule has 10 nitrogen and oxygen atoms in total. The van der Waals surface area contributed by atoms with Crippen LogP contribution in [0.3, 0.4) is 0 Å². The second-order valence-corrected chi connectivity index (χ2v) is 7.68. The average Bonchev–Trinajstić information content (AvgIpc) is 3.49. The van der Waals surface area contributed by atoms with Crippen molar-refractivity contribution in [1.82, 2.24) is 30.6 Å². The van der Waals surface area contributed by atoms with Crippen molar-refractivity contribution < 1.29 is 9.59 Å². The lowest BCUT2D eigenvalue weighted by Gasteiger charge is -2.21. The summed E-state index contributed by atoms with van der Waals surface area (Å²) in [7, 11) is 0. The number of H-pyrrole nitrogens is 2. The lowest BCUT2D eigenvalue weighted by Crippen LogP contribution is -2.33. The van der Waals surface area contributed by atoms with Gasteiger partial charge in [-0.15, -0.1) is 0 Å². The zero-order valence-corrected chi connectivity index (χ0v) is 17.9. The fourth-order valence-corrected chi connectivity index (χ4v) is 3.54. The predicted molar refractivity (Wildman–Crippen MR) is 120 cm³/mol. The number of hydrogen-bond acceptors (Lipinski definition) is 6. The van der Waals surface area contributed by atoms with Crippen molar-refractivity contribution >= 4 is 24.0 Å². The van der Waals surface area contributed by atoms with Crippen LogP contribution < -0.4 is 10.6 Å². The Kier molecular flexibility index (Phi) is 8.32. The standard InChI is InChI=1S/C23H24N8O2/c24-8-18(6-20-12-26-14-30-20)22(32)28-10-16-3-1-2-4-17(5-16)11-29-23(33)19(9-25)7-21-13-27-15-31-21/h1-2,6-7,12-17H,3-5,10-11H2,(H,26,30)(H,27,31)(H,28,32)(H,29,33)/b18-6-,19-7-. The number of allylic oxidation sites excluding steroid dienone is 2. The Morgan fingerprint density at radius 2 is 1.36 bits per heavy atom. The molecule has 0 fully saturated rings. The molecule has 0 aromatic carbocycles. The van der Waals surface area contributed by atoms with Crippen molar-refractivity contribution in [2.24, 2.45) is 11.8 Å². The van der Waals surface area contributed by atoms with Crippen molar-refractivity contribution in [3.8, 4) is 12.1 Å². The molecule has 0 saturated carbocycles. The number of nitrogens with zero attached hydrogens (tertiary/aromatic N) is 4. The molecule has 2 atom stereocenters. The van der Waals surface area contributed by atoms with E-state index in [9.17, 15) is 20.1 Å². The number of hydrogen-bond donors (Lipinski definition) is 4. The molecule has 2 aromatic heterocycles. The molecule has 0 saturated heterocycles. The summed E-state index contributed by atoms with van der Waals surface area (Å²) in [5.41, 5.74) is 1.15. The first-order chi connectivity index (χ1) is 16.1. The minimum Gasteiger partial charge on any atom is -0.351 e. The van der Waals surface area contributed by atoms with Crippen molar-refractivity contribution in [3.05, 3.63) is 59.7 Å². The van der Waals surface area contributed by atoms with Crippen molar-refractivity contribution in [1.29, 1.82) is 10.5 Å². The van der Waals surface area contributed by atoms with Gasteiger partial charge in [-0.25, -0.2) is 9.97 Å². The third-order valence-electron chi connectivity index (χ3n) is 5.24. The Morgan fingerprint density at radius 3 is 1.73 bits per heavy atom. The molecular weight excluding hydrogens is 420 g/mol. The van der Waals surface area contributed by atoms with Crippen LogP contribution in [-0.4, -0.2) is 44.8 Å². The Morgan fingerprint density at radius 1 is 0.909 bits per heavy atom. The van der Waals surface area contributed by atoms with E-state index in [0.717, 1.165) is 19.3 Å². The number of nitriles is 2. The van der Waals surface area contributed by atoms with Gasteiger partial charge in [0, 0.05) is 13.1 Å². The van der Waals surface area contributed by atoms with Gasteiger partial charge >= 0.3 is 0 Å². The average molecular weight is 444 g/mol. The highest BCUT2D eigenvalue weighted by atomic mass is 16.2. The van der Waals surface area contributed by atoms with Gasteiger partial charge in [0.15, 0.2) is 0 Å². The maximum atomic E-state index is 12.4. The van der Waals surface area contributed by atoms with E-state index in [-0.39, 0.29) is 23.0 Å². The van der Waals surface area contributed by atoms with Crippen LogP contribution in [0.15, 0.2) is 48.3 Å². The largest absolute Gasteiger partial charge is 0.351 e. The van der Waals surface area contributed by atoms with Gasteiger partial charge < -0.3 is 20.6 Å². The Bertz CT molecular complexity index is 1030. The smallest absolute Gasteiger partial charge is 0.262 e. The summed E-state index contributed by atoms with van der Waals surface area (Å²) in [5, 5.41) is 24.2. The highest BCUT2D eigenvalue weighted by Crippen LogP contribution is 2.23. The molecular formula is C23H24N8O2. The molecule has 4 N–H and O–H groups in total. The van der Waals surface area contributed by atoms with E-state index in [4.69, 9.17) is 0 Å². The fraction of sp³-hybridized carbons (Fsp3) is 0.304. The second kappa shape index (κ2) is 11.8. The summed E-state index contributed by atoms with van der Waals surface area (Å²) in [6.07, 6.45) is 15.4. The molecule has 3 rings (SSSR count). The van der Waals surface area contributed by atoms with Gasteiger partial charge in [-0.3, -0.25) is 9.59 Å². The summed E-state index contributed by atoms with van der Waals surface area (Å²) in [4.78, 5) is 38.2. The Balaban J connectivity index is 1.51.